The first-order valence-electron chi connectivity index (χ1n) is 6.44. The maximum absolute atomic E-state index is 8.76. The molecule has 0 spiro atoms. The van der Waals surface area contributed by atoms with Gasteiger partial charge < -0.3 is 10.1 Å². The van der Waals surface area contributed by atoms with Gasteiger partial charge in [-0.15, -0.1) is 0 Å². The lowest BCUT2D eigenvalue weighted by molar-refractivity contribution is 0.0553. The van der Waals surface area contributed by atoms with Crippen LogP contribution >= 0.6 is 0 Å². The highest BCUT2D eigenvalue weighted by Crippen LogP contribution is 2.48. The molecule has 1 heterocycles. The van der Waals surface area contributed by atoms with Crippen molar-refractivity contribution in [1.29, 1.82) is 5.26 Å². The van der Waals surface area contributed by atoms with Gasteiger partial charge in [-0.25, -0.2) is 0 Å². The quantitative estimate of drug-likeness (QED) is 0.774. The monoisotopic (exact) mass is 222 g/mol. The predicted molar refractivity (Wildman–Crippen MR) is 62.9 cm³/mol. The molecular formula is C13H22N2O. The summed E-state index contributed by atoms with van der Waals surface area (Å²) in [6.07, 6.45) is 5.54. The summed E-state index contributed by atoms with van der Waals surface area (Å²) < 4.78 is 5.38. The number of hydrogen-bond acceptors (Lipinski definition) is 3. The Balaban J connectivity index is 1.71. The van der Waals surface area contributed by atoms with E-state index in [2.05, 4.69) is 18.3 Å². The Morgan fingerprint density at radius 2 is 2.12 bits per heavy atom. The van der Waals surface area contributed by atoms with Crippen LogP contribution in [-0.2, 0) is 4.74 Å². The SMILES string of the molecule is CC(NCC1(CC#N)CC1)C1CCOCC1. The molecule has 16 heavy (non-hydrogen) atoms. The molecule has 2 aliphatic rings. The molecule has 1 atom stereocenters. The van der Waals surface area contributed by atoms with Crippen LogP contribution < -0.4 is 5.32 Å². The fraction of sp³-hybridized carbons (Fsp3) is 0.923. The summed E-state index contributed by atoms with van der Waals surface area (Å²) in [7, 11) is 0. The van der Waals surface area contributed by atoms with Crippen LogP contribution in [0.4, 0.5) is 0 Å². The molecule has 1 aliphatic carbocycles. The van der Waals surface area contributed by atoms with Crippen LogP contribution in [0.25, 0.3) is 0 Å². The highest BCUT2D eigenvalue weighted by Gasteiger charge is 2.42. The minimum absolute atomic E-state index is 0.328. The molecule has 1 saturated heterocycles. The largest absolute Gasteiger partial charge is 0.381 e. The van der Waals surface area contributed by atoms with E-state index in [0.29, 0.717) is 11.5 Å². The van der Waals surface area contributed by atoms with E-state index in [1.54, 1.807) is 0 Å². The number of hydrogen-bond donors (Lipinski definition) is 1. The third-order valence-electron chi connectivity index (χ3n) is 4.18. The Morgan fingerprint density at radius 3 is 2.69 bits per heavy atom. The van der Waals surface area contributed by atoms with E-state index in [-0.39, 0.29) is 0 Å². The van der Waals surface area contributed by atoms with Crippen LogP contribution in [0, 0.1) is 22.7 Å². The van der Waals surface area contributed by atoms with Gasteiger partial charge in [-0.1, -0.05) is 0 Å². The fourth-order valence-electron chi connectivity index (χ4n) is 2.52. The summed E-state index contributed by atoms with van der Waals surface area (Å²) in [6, 6.07) is 2.88. The first-order valence-corrected chi connectivity index (χ1v) is 6.44. The summed E-state index contributed by atoms with van der Waals surface area (Å²) in [5.74, 6) is 0.756. The van der Waals surface area contributed by atoms with Crippen LogP contribution in [0.3, 0.4) is 0 Å². The van der Waals surface area contributed by atoms with Gasteiger partial charge in [-0.05, 0) is 43.9 Å². The number of nitriles is 1. The molecular weight excluding hydrogens is 200 g/mol. The van der Waals surface area contributed by atoms with E-state index in [1.807, 2.05) is 0 Å². The zero-order valence-corrected chi connectivity index (χ0v) is 10.2. The number of nitrogens with one attached hydrogen (secondary N) is 1. The molecule has 0 aromatic carbocycles. The van der Waals surface area contributed by atoms with Gasteiger partial charge >= 0.3 is 0 Å². The van der Waals surface area contributed by atoms with Crippen molar-refractivity contribution in [3.8, 4) is 6.07 Å². The first kappa shape index (κ1) is 11.9. The zero-order chi connectivity index (χ0) is 11.4. The van der Waals surface area contributed by atoms with Crippen molar-refractivity contribution in [1.82, 2.24) is 5.32 Å². The van der Waals surface area contributed by atoms with Crippen LogP contribution in [0.5, 0.6) is 0 Å². The Bertz CT molecular complexity index is 262. The molecule has 1 unspecified atom stereocenters. The molecule has 90 valence electrons. The molecule has 0 aromatic rings. The number of ether oxygens (including phenoxy) is 1. The van der Waals surface area contributed by atoms with Crippen molar-refractivity contribution in [2.75, 3.05) is 19.8 Å². The minimum Gasteiger partial charge on any atom is -0.381 e. The third kappa shape index (κ3) is 2.96. The van der Waals surface area contributed by atoms with E-state index in [4.69, 9.17) is 10.00 Å². The second-order valence-corrected chi connectivity index (χ2v) is 5.45. The lowest BCUT2D eigenvalue weighted by atomic mass is 9.92. The van der Waals surface area contributed by atoms with E-state index >= 15 is 0 Å². The second-order valence-electron chi connectivity index (χ2n) is 5.45. The maximum Gasteiger partial charge on any atom is 0.0628 e. The molecule has 3 nitrogen and oxygen atoms in total. The fourth-order valence-corrected chi connectivity index (χ4v) is 2.52. The third-order valence-corrected chi connectivity index (χ3v) is 4.18. The van der Waals surface area contributed by atoms with Crippen molar-refractivity contribution >= 4 is 0 Å². The highest BCUT2D eigenvalue weighted by atomic mass is 16.5. The molecule has 0 bridgehead atoms. The molecule has 0 radical (unpaired) electrons. The van der Waals surface area contributed by atoms with Gasteiger partial charge in [0.15, 0.2) is 0 Å². The average Bonchev–Trinajstić information content (AvgIpc) is 3.08. The van der Waals surface area contributed by atoms with Gasteiger partial charge in [-0.3, -0.25) is 0 Å². The molecule has 1 aliphatic heterocycles. The Hall–Kier alpha value is -0.590. The van der Waals surface area contributed by atoms with Gasteiger partial charge in [-0.2, -0.15) is 5.26 Å². The van der Waals surface area contributed by atoms with E-state index in [1.165, 1.54) is 25.7 Å². The second kappa shape index (κ2) is 5.16. The Morgan fingerprint density at radius 1 is 1.44 bits per heavy atom. The van der Waals surface area contributed by atoms with Crippen molar-refractivity contribution in [2.24, 2.45) is 11.3 Å². The Kier molecular flexibility index (Phi) is 3.83. The summed E-state index contributed by atoms with van der Waals surface area (Å²) in [4.78, 5) is 0. The average molecular weight is 222 g/mol. The van der Waals surface area contributed by atoms with Gasteiger partial charge in [0.05, 0.1) is 6.07 Å². The lowest BCUT2D eigenvalue weighted by Crippen LogP contribution is -2.39. The predicted octanol–water partition coefficient (Wildman–Crippen LogP) is 2.08. The van der Waals surface area contributed by atoms with Gasteiger partial charge in [0.2, 0.25) is 0 Å². The van der Waals surface area contributed by atoms with E-state index in [0.717, 1.165) is 32.1 Å². The van der Waals surface area contributed by atoms with Gasteiger partial charge in [0.1, 0.15) is 0 Å². The van der Waals surface area contributed by atoms with Crippen molar-refractivity contribution in [2.45, 2.75) is 45.1 Å². The van der Waals surface area contributed by atoms with E-state index < -0.39 is 0 Å². The molecule has 2 fully saturated rings. The first-order chi connectivity index (χ1) is 7.76. The summed E-state index contributed by atoms with van der Waals surface area (Å²) >= 11 is 0. The zero-order valence-electron chi connectivity index (χ0n) is 10.2. The van der Waals surface area contributed by atoms with Crippen LogP contribution in [0.1, 0.15) is 39.0 Å². The normalized spacial score (nSPS) is 26.0. The highest BCUT2D eigenvalue weighted by molar-refractivity contribution is 5.01. The summed E-state index contributed by atoms with van der Waals surface area (Å²) in [5, 5.41) is 12.4. The lowest BCUT2D eigenvalue weighted by Gasteiger charge is -2.29. The number of nitrogens with zero attached hydrogens (tertiary/aromatic N) is 1. The van der Waals surface area contributed by atoms with Crippen molar-refractivity contribution in [3.05, 3.63) is 0 Å². The molecule has 3 heteroatoms. The topological polar surface area (TPSA) is 45.0 Å². The van der Waals surface area contributed by atoms with Crippen LogP contribution in [0.2, 0.25) is 0 Å². The molecule has 0 amide bonds. The van der Waals surface area contributed by atoms with Gasteiger partial charge in [0.25, 0.3) is 0 Å². The Labute approximate surface area is 98.2 Å². The summed E-state index contributed by atoms with van der Waals surface area (Å²) in [5.41, 5.74) is 0.328. The maximum atomic E-state index is 8.76. The van der Waals surface area contributed by atoms with Gasteiger partial charge in [0, 0.05) is 32.2 Å². The molecule has 1 N–H and O–H groups in total. The molecule has 0 aromatic heterocycles. The summed E-state index contributed by atoms with van der Waals surface area (Å²) in [6.45, 7) is 5.14. The smallest absolute Gasteiger partial charge is 0.0628 e. The number of rotatable bonds is 5. The van der Waals surface area contributed by atoms with Crippen molar-refractivity contribution < 1.29 is 4.74 Å². The molecule has 1 saturated carbocycles. The minimum atomic E-state index is 0.328. The van der Waals surface area contributed by atoms with Crippen LogP contribution in [-0.4, -0.2) is 25.8 Å². The standard InChI is InChI=1S/C13H22N2O/c1-11(12-2-8-16-9-3-12)15-10-13(4-5-13)6-7-14/h11-12,15H,2-6,8-10H2,1H3. The molecule has 2 rings (SSSR count). The van der Waals surface area contributed by atoms with Crippen molar-refractivity contribution in [3.63, 3.8) is 0 Å². The van der Waals surface area contributed by atoms with E-state index in [9.17, 15) is 0 Å². The van der Waals surface area contributed by atoms with Crippen LogP contribution in [0.15, 0.2) is 0 Å².